The minimum atomic E-state index is 0.116. The third-order valence-corrected chi connectivity index (χ3v) is 3.50. The highest BCUT2D eigenvalue weighted by Crippen LogP contribution is 2.38. The Hall–Kier alpha value is -0.980. The van der Waals surface area contributed by atoms with Gasteiger partial charge in [0.15, 0.2) is 0 Å². The molecule has 0 radical (unpaired) electrons. The molecule has 0 aliphatic rings. The van der Waals surface area contributed by atoms with E-state index in [0.29, 0.717) is 0 Å². The predicted molar refractivity (Wildman–Crippen MR) is 84.4 cm³/mol. The standard InChI is InChI=1S/C18H30O/c1-9-13-11-15(18(6,7)8)16(19-10-2)12-14(13)17(3,4)5/h11-12H,9-10H2,1-8H3. The molecule has 0 unspecified atom stereocenters. The fourth-order valence-corrected chi connectivity index (χ4v) is 2.48. The molecule has 108 valence electrons. The van der Waals surface area contributed by atoms with E-state index in [1.165, 1.54) is 16.7 Å². The first kappa shape index (κ1) is 16.1. The Morgan fingerprint density at radius 2 is 1.37 bits per heavy atom. The maximum atomic E-state index is 5.90. The summed E-state index contributed by atoms with van der Waals surface area (Å²) in [6.07, 6.45) is 1.07. The third kappa shape index (κ3) is 3.75. The van der Waals surface area contributed by atoms with Crippen LogP contribution >= 0.6 is 0 Å². The van der Waals surface area contributed by atoms with Crippen LogP contribution in [0.3, 0.4) is 0 Å². The van der Waals surface area contributed by atoms with Gasteiger partial charge in [-0.05, 0) is 46.9 Å². The summed E-state index contributed by atoms with van der Waals surface area (Å²) in [6.45, 7) is 18.6. The van der Waals surface area contributed by atoms with Crippen LogP contribution < -0.4 is 4.74 Å². The van der Waals surface area contributed by atoms with E-state index in [1.807, 2.05) is 0 Å². The summed E-state index contributed by atoms with van der Waals surface area (Å²) in [5.74, 6) is 1.05. The van der Waals surface area contributed by atoms with E-state index in [0.717, 1.165) is 18.8 Å². The van der Waals surface area contributed by atoms with Gasteiger partial charge in [0.1, 0.15) is 5.75 Å². The summed E-state index contributed by atoms with van der Waals surface area (Å²) in [4.78, 5) is 0. The summed E-state index contributed by atoms with van der Waals surface area (Å²) >= 11 is 0. The van der Waals surface area contributed by atoms with E-state index in [1.54, 1.807) is 0 Å². The average Bonchev–Trinajstić information content (AvgIpc) is 2.26. The van der Waals surface area contributed by atoms with Crippen LogP contribution in [-0.4, -0.2) is 6.61 Å². The van der Waals surface area contributed by atoms with Crippen LogP contribution in [-0.2, 0) is 17.3 Å². The number of ether oxygens (including phenoxy) is 1. The SMILES string of the molecule is CCOc1cc(C(C)(C)C)c(CC)cc1C(C)(C)C. The average molecular weight is 262 g/mol. The number of benzene rings is 1. The van der Waals surface area contributed by atoms with E-state index < -0.39 is 0 Å². The zero-order valence-corrected chi connectivity index (χ0v) is 14.0. The van der Waals surface area contributed by atoms with Gasteiger partial charge in [-0.3, -0.25) is 0 Å². The van der Waals surface area contributed by atoms with Crippen molar-refractivity contribution in [1.82, 2.24) is 0 Å². The molecule has 0 heterocycles. The Morgan fingerprint density at radius 1 is 0.842 bits per heavy atom. The van der Waals surface area contributed by atoms with Gasteiger partial charge in [0.2, 0.25) is 0 Å². The Morgan fingerprint density at radius 3 is 1.74 bits per heavy atom. The highest BCUT2D eigenvalue weighted by Gasteiger charge is 2.25. The smallest absolute Gasteiger partial charge is 0.123 e. The molecule has 19 heavy (non-hydrogen) atoms. The van der Waals surface area contributed by atoms with Crippen LogP contribution in [0.15, 0.2) is 12.1 Å². The van der Waals surface area contributed by atoms with Crippen molar-refractivity contribution < 1.29 is 4.74 Å². The van der Waals surface area contributed by atoms with Crippen molar-refractivity contribution in [2.75, 3.05) is 6.61 Å². The molecule has 0 bridgehead atoms. The van der Waals surface area contributed by atoms with E-state index in [2.05, 4.69) is 67.5 Å². The molecule has 0 aliphatic carbocycles. The molecule has 0 atom stereocenters. The molecule has 1 rings (SSSR count). The van der Waals surface area contributed by atoms with Gasteiger partial charge >= 0.3 is 0 Å². The van der Waals surface area contributed by atoms with Gasteiger partial charge in [-0.25, -0.2) is 0 Å². The Kier molecular flexibility index (Phi) is 4.71. The number of rotatable bonds is 3. The van der Waals surface area contributed by atoms with Gasteiger partial charge < -0.3 is 4.74 Å². The second kappa shape index (κ2) is 5.56. The summed E-state index contributed by atoms with van der Waals surface area (Å²) in [5.41, 5.74) is 4.45. The largest absolute Gasteiger partial charge is 0.494 e. The lowest BCUT2D eigenvalue weighted by Gasteiger charge is -2.29. The van der Waals surface area contributed by atoms with Crippen LogP contribution in [0.4, 0.5) is 0 Å². The van der Waals surface area contributed by atoms with Gasteiger partial charge in [0, 0.05) is 0 Å². The second-order valence-corrected chi connectivity index (χ2v) is 7.29. The summed E-state index contributed by atoms with van der Waals surface area (Å²) in [7, 11) is 0. The van der Waals surface area contributed by atoms with Gasteiger partial charge in [0.25, 0.3) is 0 Å². The normalized spacial score (nSPS) is 12.6. The minimum Gasteiger partial charge on any atom is -0.494 e. The molecule has 1 heteroatoms. The molecule has 0 spiro atoms. The lowest BCUT2D eigenvalue weighted by atomic mass is 9.78. The number of hydrogen-bond acceptors (Lipinski definition) is 1. The highest BCUT2D eigenvalue weighted by atomic mass is 16.5. The Labute approximate surface area is 119 Å². The van der Waals surface area contributed by atoms with Gasteiger partial charge in [0.05, 0.1) is 6.61 Å². The summed E-state index contributed by atoms with van der Waals surface area (Å²) in [6, 6.07) is 4.62. The van der Waals surface area contributed by atoms with Crippen molar-refractivity contribution in [2.45, 2.75) is 72.6 Å². The summed E-state index contributed by atoms with van der Waals surface area (Å²) in [5, 5.41) is 0. The van der Waals surface area contributed by atoms with E-state index in [-0.39, 0.29) is 10.8 Å². The molecule has 0 N–H and O–H groups in total. The topological polar surface area (TPSA) is 9.23 Å². The van der Waals surface area contributed by atoms with Gasteiger partial charge in [-0.1, -0.05) is 54.5 Å². The van der Waals surface area contributed by atoms with Crippen molar-refractivity contribution in [2.24, 2.45) is 0 Å². The van der Waals surface area contributed by atoms with Crippen molar-refractivity contribution in [3.63, 3.8) is 0 Å². The maximum Gasteiger partial charge on any atom is 0.123 e. The molecule has 0 saturated carbocycles. The second-order valence-electron chi connectivity index (χ2n) is 7.29. The lowest BCUT2D eigenvalue weighted by molar-refractivity contribution is 0.328. The number of aryl methyl sites for hydroxylation is 1. The first-order chi connectivity index (χ1) is 8.61. The van der Waals surface area contributed by atoms with Crippen LogP contribution in [0, 0.1) is 0 Å². The van der Waals surface area contributed by atoms with Gasteiger partial charge in [-0.15, -0.1) is 0 Å². The van der Waals surface area contributed by atoms with Crippen molar-refractivity contribution in [1.29, 1.82) is 0 Å². The van der Waals surface area contributed by atoms with Crippen molar-refractivity contribution >= 4 is 0 Å². The molecule has 0 saturated heterocycles. The quantitative estimate of drug-likeness (QED) is 0.723. The molecule has 1 aromatic carbocycles. The monoisotopic (exact) mass is 262 g/mol. The zero-order chi connectivity index (χ0) is 14.8. The van der Waals surface area contributed by atoms with E-state index in [9.17, 15) is 0 Å². The molecule has 1 aromatic rings. The van der Waals surface area contributed by atoms with Crippen LogP contribution in [0.25, 0.3) is 0 Å². The molecule has 0 amide bonds. The van der Waals surface area contributed by atoms with Crippen LogP contribution in [0.1, 0.15) is 72.1 Å². The Balaban J connectivity index is 3.51. The molecule has 0 aliphatic heterocycles. The molecular weight excluding hydrogens is 232 g/mol. The number of hydrogen-bond donors (Lipinski definition) is 0. The first-order valence-electron chi connectivity index (χ1n) is 7.42. The molecule has 0 fully saturated rings. The highest BCUT2D eigenvalue weighted by molar-refractivity contribution is 5.48. The maximum absolute atomic E-state index is 5.90. The van der Waals surface area contributed by atoms with Gasteiger partial charge in [-0.2, -0.15) is 0 Å². The molecule has 0 aromatic heterocycles. The Bertz CT molecular complexity index is 430. The third-order valence-electron chi connectivity index (χ3n) is 3.50. The predicted octanol–water partition coefficient (Wildman–Crippen LogP) is 5.24. The van der Waals surface area contributed by atoms with E-state index >= 15 is 0 Å². The van der Waals surface area contributed by atoms with Crippen molar-refractivity contribution in [3.8, 4) is 5.75 Å². The lowest BCUT2D eigenvalue weighted by Crippen LogP contribution is -2.19. The van der Waals surface area contributed by atoms with Crippen LogP contribution in [0.5, 0.6) is 5.75 Å². The minimum absolute atomic E-state index is 0.116. The molecule has 1 nitrogen and oxygen atoms in total. The fraction of sp³-hybridized carbons (Fsp3) is 0.667. The van der Waals surface area contributed by atoms with Crippen molar-refractivity contribution in [3.05, 3.63) is 28.8 Å². The van der Waals surface area contributed by atoms with E-state index in [4.69, 9.17) is 4.74 Å². The fourth-order valence-electron chi connectivity index (χ4n) is 2.48. The first-order valence-corrected chi connectivity index (χ1v) is 7.42. The summed E-state index contributed by atoms with van der Waals surface area (Å²) < 4.78 is 5.90. The zero-order valence-electron chi connectivity index (χ0n) is 14.0. The van der Waals surface area contributed by atoms with Crippen LogP contribution in [0.2, 0.25) is 0 Å². The molecular formula is C18H30O.